The van der Waals surface area contributed by atoms with Crippen molar-refractivity contribution in [2.45, 2.75) is 59.2 Å². The number of hydrogen-bond donors (Lipinski definition) is 1. The smallest absolute Gasteiger partial charge is 0.242 e. The third-order valence-electron chi connectivity index (χ3n) is 4.80. The number of carbonyl (C=O) groups is 2. The molecule has 0 fully saturated rings. The molecule has 0 heterocycles. The van der Waals surface area contributed by atoms with Gasteiger partial charge in [0.1, 0.15) is 6.04 Å². The van der Waals surface area contributed by atoms with Gasteiger partial charge in [-0.1, -0.05) is 67.1 Å². The second kappa shape index (κ2) is 9.91. The van der Waals surface area contributed by atoms with Crippen LogP contribution in [0.5, 0.6) is 0 Å². The second-order valence-corrected chi connectivity index (χ2v) is 7.17. The number of nitrogens with one attached hydrogen (secondary N) is 1. The highest BCUT2D eigenvalue weighted by atomic mass is 16.2. The second-order valence-electron chi connectivity index (χ2n) is 7.17. The van der Waals surface area contributed by atoms with Gasteiger partial charge in [-0.05, 0) is 38.3 Å². The number of amides is 2. The summed E-state index contributed by atoms with van der Waals surface area (Å²) in [5.41, 5.74) is 3.12. The minimum Gasteiger partial charge on any atom is -0.352 e. The van der Waals surface area contributed by atoms with Crippen molar-refractivity contribution < 1.29 is 9.59 Å². The van der Waals surface area contributed by atoms with E-state index in [1.807, 2.05) is 69.3 Å². The maximum atomic E-state index is 13.0. The standard InChI is InChI=1S/C23H30N2O2/c1-5-18(3)24-23(27)19(4)25(16-21-13-9-10-17(2)14-21)22(26)15-20-11-7-6-8-12-20/h6-14,18-19H,5,15-16H2,1-4H3,(H,24,27)/t18-,19-/m1/s1. The first-order valence-corrected chi connectivity index (χ1v) is 9.60. The molecule has 2 aromatic carbocycles. The van der Waals surface area contributed by atoms with E-state index in [1.165, 1.54) is 0 Å². The largest absolute Gasteiger partial charge is 0.352 e. The lowest BCUT2D eigenvalue weighted by molar-refractivity contribution is -0.140. The predicted molar refractivity (Wildman–Crippen MR) is 109 cm³/mol. The molecule has 4 nitrogen and oxygen atoms in total. The third-order valence-corrected chi connectivity index (χ3v) is 4.80. The molecule has 0 aliphatic carbocycles. The van der Waals surface area contributed by atoms with Gasteiger partial charge in [0.05, 0.1) is 6.42 Å². The van der Waals surface area contributed by atoms with Crippen LogP contribution < -0.4 is 5.32 Å². The number of aryl methyl sites for hydroxylation is 1. The summed E-state index contributed by atoms with van der Waals surface area (Å²) in [6, 6.07) is 17.3. The molecule has 2 amide bonds. The van der Waals surface area contributed by atoms with Crippen LogP contribution in [0.25, 0.3) is 0 Å². The maximum absolute atomic E-state index is 13.0. The third kappa shape index (κ3) is 6.24. The van der Waals surface area contributed by atoms with Gasteiger partial charge >= 0.3 is 0 Å². The van der Waals surface area contributed by atoms with Crippen molar-refractivity contribution in [2.24, 2.45) is 0 Å². The highest BCUT2D eigenvalue weighted by Crippen LogP contribution is 2.14. The molecule has 2 atom stereocenters. The Kier molecular flexibility index (Phi) is 7.59. The fourth-order valence-electron chi connectivity index (χ4n) is 2.93. The molecule has 4 heteroatoms. The van der Waals surface area contributed by atoms with Gasteiger partial charge in [-0.2, -0.15) is 0 Å². The first-order chi connectivity index (χ1) is 12.9. The molecule has 0 radical (unpaired) electrons. The normalized spacial score (nSPS) is 12.9. The quantitative estimate of drug-likeness (QED) is 0.771. The van der Waals surface area contributed by atoms with Gasteiger partial charge in [-0.25, -0.2) is 0 Å². The van der Waals surface area contributed by atoms with Gasteiger partial charge in [0, 0.05) is 12.6 Å². The topological polar surface area (TPSA) is 49.4 Å². The molecule has 27 heavy (non-hydrogen) atoms. The molecule has 0 saturated carbocycles. The molecule has 0 bridgehead atoms. The van der Waals surface area contributed by atoms with Crippen LogP contribution in [-0.2, 0) is 22.6 Å². The summed E-state index contributed by atoms with van der Waals surface area (Å²) < 4.78 is 0. The molecule has 0 spiro atoms. The van der Waals surface area contributed by atoms with E-state index in [1.54, 1.807) is 11.8 Å². The summed E-state index contributed by atoms with van der Waals surface area (Å²) in [4.78, 5) is 27.4. The lowest BCUT2D eigenvalue weighted by Gasteiger charge is -2.30. The zero-order valence-corrected chi connectivity index (χ0v) is 16.7. The molecule has 0 aliphatic rings. The zero-order valence-electron chi connectivity index (χ0n) is 16.7. The van der Waals surface area contributed by atoms with Gasteiger partial charge < -0.3 is 10.2 Å². The molecule has 144 valence electrons. The summed E-state index contributed by atoms with van der Waals surface area (Å²) >= 11 is 0. The molecule has 0 aliphatic heterocycles. The number of hydrogen-bond acceptors (Lipinski definition) is 2. The summed E-state index contributed by atoms with van der Waals surface area (Å²) in [6.45, 7) is 8.25. The van der Waals surface area contributed by atoms with Crippen molar-refractivity contribution in [3.05, 3.63) is 71.3 Å². The first-order valence-electron chi connectivity index (χ1n) is 9.60. The Bertz CT molecular complexity index is 758. The summed E-state index contributed by atoms with van der Waals surface area (Å²) in [5.74, 6) is -0.159. The fourth-order valence-corrected chi connectivity index (χ4v) is 2.93. The van der Waals surface area contributed by atoms with E-state index in [4.69, 9.17) is 0 Å². The van der Waals surface area contributed by atoms with E-state index in [2.05, 4.69) is 11.4 Å². The fraction of sp³-hybridized carbons (Fsp3) is 0.391. The van der Waals surface area contributed by atoms with E-state index in [9.17, 15) is 9.59 Å². The Hall–Kier alpha value is -2.62. The number of nitrogens with zero attached hydrogens (tertiary/aromatic N) is 1. The van der Waals surface area contributed by atoms with Crippen molar-refractivity contribution in [2.75, 3.05) is 0 Å². The van der Waals surface area contributed by atoms with Gasteiger partial charge in [-0.15, -0.1) is 0 Å². The number of carbonyl (C=O) groups excluding carboxylic acids is 2. The van der Waals surface area contributed by atoms with Crippen molar-refractivity contribution in [3.8, 4) is 0 Å². The molecule has 0 unspecified atom stereocenters. The Morgan fingerprint density at radius 1 is 1.00 bits per heavy atom. The van der Waals surface area contributed by atoms with Crippen LogP contribution in [0.4, 0.5) is 0 Å². The van der Waals surface area contributed by atoms with Gasteiger partial charge in [0.15, 0.2) is 0 Å². The zero-order chi connectivity index (χ0) is 19.8. The average Bonchev–Trinajstić information content (AvgIpc) is 2.66. The van der Waals surface area contributed by atoms with Crippen LogP contribution in [0.1, 0.15) is 43.9 Å². The van der Waals surface area contributed by atoms with Crippen molar-refractivity contribution >= 4 is 11.8 Å². The molecule has 2 rings (SSSR count). The maximum Gasteiger partial charge on any atom is 0.242 e. The monoisotopic (exact) mass is 366 g/mol. The van der Waals surface area contributed by atoms with E-state index < -0.39 is 6.04 Å². The molecular weight excluding hydrogens is 336 g/mol. The van der Waals surface area contributed by atoms with E-state index in [0.29, 0.717) is 6.54 Å². The molecule has 1 N–H and O–H groups in total. The lowest BCUT2D eigenvalue weighted by atomic mass is 10.1. The summed E-state index contributed by atoms with van der Waals surface area (Å²) in [7, 11) is 0. The van der Waals surface area contributed by atoms with Crippen LogP contribution in [0.3, 0.4) is 0 Å². The summed E-state index contributed by atoms with van der Waals surface area (Å²) in [6.07, 6.45) is 1.14. The van der Waals surface area contributed by atoms with Crippen molar-refractivity contribution in [1.82, 2.24) is 10.2 Å². The van der Waals surface area contributed by atoms with E-state index in [-0.39, 0.29) is 24.3 Å². The Morgan fingerprint density at radius 3 is 2.30 bits per heavy atom. The minimum atomic E-state index is -0.532. The highest BCUT2D eigenvalue weighted by molar-refractivity contribution is 5.88. The summed E-state index contributed by atoms with van der Waals surface area (Å²) in [5, 5.41) is 2.99. The molecule has 0 saturated heterocycles. The Labute approximate surface area is 162 Å². The van der Waals surface area contributed by atoms with Crippen LogP contribution in [0, 0.1) is 6.92 Å². The van der Waals surface area contributed by atoms with Crippen molar-refractivity contribution in [1.29, 1.82) is 0 Å². The molecule has 0 aromatic heterocycles. The molecule has 2 aromatic rings. The molecular formula is C23H30N2O2. The van der Waals surface area contributed by atoms with Crippen LogP contribution in [-0.4, -0.2) is 28.8 Å². The lowest BCUT2D eigenvalue weighted by Crippen LogP contribution is -2.49. The number of rotatable bonds is 8. The van der Waals surface area contributed by atoms with Gasteiger partial charge in [0.2, 0.25) is 11.8 Å². The first kappa shape index (κ1) is 20.7. The van der Waals surface area contributed by atoms with Crippen LogP contribution in [0.15, 0.2) is 54.6 Å². The van der Waals surface area contributed by atoms with Crippen LogP contribution in [0.2, 0.25) is 0 Å². The average molecular weight is 367 g/mol. The number of benzene rings is 2. The van der Waals surface area contributed by atoms with E-state index in [0.717, 1.165) is 23.1 Å². The van der Waals surface area contributed by atoms with Crippen molar-refractivity contribution in [3.63, 3.8) is 0 Å². The van der Waals surface area contributed by atoms with E-state index >= 15 is 0 Å². The van der Waals surface area contributed by atoms with Crippen LogP contribution >= 0.6 is 0 Å². The van der Waals surface area contributed by atoms with Gasteiger partial charge in [0.25, 0.3) is 0 Å². The predicted octanol–water partition coefficient (Wildman–Crippen LogP) is 3.87. The van der Waals surface area contributed by atoms with Gasteiger partial charge in [-0.3, -0.25) is 9.59 Å². The SMILES string of the molecule is CC[C@@H](C)NC(=O)[C@@H](C)N(Cc1cccc(C)c1)C(=O)Cc1ccccc1. The Morgan fingerprint density at radius 2 is 1.67 bits per heavy atom. The minimum absolute atomic E-state index is 0.0468. The Balaban J connectivity index is 2.21. The highest BCUT2D eigenvalue weighted by Gasteiger charge is 2.26.